The highest BCUT2D eigenvalue weighted by atomic mass is 79.9. The molecule has 138 valence electrons. The maximum atomic E-state index is 14.5. The molecule has 0 aromatic heterocycles. The second kappa shape index (κ2) is 8.01. The quantitative estimate of drug-likeness (QED) is 0.559. The Morgan fingerprint density at radius 2 is 2.00 bits per heavy atom. The predicted molar refractivity (Wildman–Crippen MR) is 102 cm³/mol. The van der Waals surface area contributed by atoms with Gasteiger partial charge >= 0.3 is 0 Å². The molecule has 1 heterocycles. The van der Waals surface area contributed by atoms with Crippen molar-refractivity contribution in [2.45, 2.75) is 25.5 Å². The highest BCUT2D eigenvalue weighted by Crippen LogP contribution is 2.29. The van der Waals surface area contributed by atoms with Gasteiger partial charge in [0.1, 0.15) is 11.5 Å². The minimum Gasteiger partial charge on any atom is -0.393 e. The first-order chi connectivity index (χ1) is 12.4. The molecule has 0 atom stereocenters. The van der Waals surface area contributed by atoms with Crippen LogP contribution >= 0.6 is 15.9 Å². The molecular weight excluding hydrogens is 405 g/mol. The van der Waals surface area contributed by atoms with Gasteiger partial charge in [-0.1, -0.05) is 22.0 Å². The van der Waals surface area contributed by atoms with Crippen molar-refractivity contribution in [3.05, 3.63) is 62.4 Å². The number of rotatable bonds is 5. The Labute approximate surface area is 158 Å². The Morgan fingerprint density at radius 1 is 1.27 bits per heavy atom. The second-order valence-corrected chi connectivity index (χ2v) is 7.19. The molecular formula is C18H19BrFN3O3. The molecule has 2 aromatic rings. The third-order valence-electron chi connectivity index (χ3n) is 4.46. The number of benzene rings is 2. The van der Waals surface area contributed by atoms with E-state index in [0.717, 1.165) is 0 Å². The lowest BCUT2D eigenvalue weighted by atomic mass is 10.1. The molecule has 0 radical (unpaired) electrons. The lowest BCUT2D eigenvalue weighted by Crippen LogP contribution is -2.36. The number of nitrogens with zero attached hydrogens (tertiary/aromatic N) is 2. The number of piperidine rings is 1. The van der Waals surface area contributed by atoms with E-state index in [1.165, 1.54) is 12.1 Å². The van der Waals surface area contributed by atoms with Crippen LogP contribution in [-0.2, 0) is 6.54 Å². The van der Waals surface area contributed by atoms with E-state index in [9.17, 15) is 19.6 Å². The van der Waals surface area contributed by atoms with Crippen LogP contribution in [0, 0.1) is 15.9 Å². The van der Waals surface area contributed by atoms with Gasteiger partial charge in [0.2, 0.25) is 0 Å². The molecule has 0 bridgehead atoms. The summed E-state index contributed by atoms with van der Waals surface area (Å²) in [6, 6.07) is 9.73. The molecule has 8 heteroatoms. The normalized spacial score (nSPS) is 15.1. The van der Waals surface area contributed by atoms with E-state index < -0.39 is 4.92 Å². The molecule has 1 saturated heterocycles. The molecule has 0 unspecified atom stereocenters. The molecule has 2 aromatic carbocycles. The summed E-state index contributed by atoms with van der Waals surface area (Å²) < 4.78 is 15.1. The van der Waals surface area contributed by atoms with Crippen molar-refractivity contribution in [1.82, 2.24) is 0 Å². The van der Waals surface area contributed by atoms with Crippen LogP contribution in [0.1, 0.15) is 18.4 Å². The molecule has 1 aliphatic heterocycles. The van der Waals surface area contributed by atoms with Crippen molar-refractivity contribution >= 4 is 33.0 Å². The first kappa shape index (κ1) is 18.6. The zero-order valence-electron chi connectivity index (χ0n) is 14.0. The fourth-order valence-electron chi connectivity index (χ4n) is 3.03. The Bertz CT molecular complexity index is 810. The topological polar surface area (TPSA) is 78.6 Å². The number of hydrogen-bond acceptors (Lipinski definition) is 5. The summed E-state index contributed by atoms with van der Waals surface area (Å²) in [6.07, 6.45) is 0.964. The Balaban J connectivity index is 1.70. The predicted octanol–water partition coefficient (Wildman–Crippen LogP) is 4.07. The zero-order valence-corrected chi connectivity index (χ0v) is 15.6. The lowest BCUT2D eigenvalue weighted by molar-refractivity contribution is -0.384. The van der Waals surface area contributed by atoms with E-state index in [4.69, 9.17) is 0 Å². The van der Waals surface area contributed by atoms with Gasteiger partial charge in [-0.05, 0) is 42.7 Å². The summed E-state index contributed by atoms with van der Waals surface area (Å²) in [5, 5.41) is 23.7. The summed E-state index contributed by atoms with van der Waals surface area (Å²) in [5.41, 5.74) is 1.56. The first-order valence-electron chi connectivity index (χ1n) is 8.33. The first-order valence-corrected chi connectivity index (χ1v) is 9.12. The number of halogens is 2. The molecule has 6 nitrogen and oxygen atoms in total. The Kier molecular flexibility index (Phi) is 5.73. The Hall–Kier alpha value is -2.19. The fraction of sp³-hybridized carbons (Fsp3) is 0.333. The van der Waals surface area contributed by atoms with Crippen molar-refractivity contribution < 1.29 is 14.4 Å². The summed E-state index contributed by atoms with van der Waals surface area (Å²) in [7, 11) is 0. The number of nitro benzene ring substituents is 1. The van der Waals surface area contributed by atoms with Crippen LogP contribution in [-0.4, -0.2) is 29.2 Å². The monoisotopic (exact) mass is 423 g/mol. The summed E-state index contributed by atoms with van der Waals surface area (Å²) >= 11 is 3.22. The van der Waals surface area contributed by atoms with Crippen LogP contribution in [0.2, 0.25) is 0 Å². The van der Waals surface area contributed by atoms with Crippen molar-refractivity contribution in [2.75, 3.05) is 23.3 Å². The SMILES string of the molecule is O=[N+]([O-])c1cc(Br)ccc1NCc1ccc(N2CCC(O)CC2)c(F)c1. The third kappa shape index (κ3) is 4.31. The lowest BCUT2D eigenvalue weighted by Gasteiger charge is -2.31. The van der Waals surface area contributed by atoms with Crippen molar-refractivity contribution in [1.29, 1.82) is 0 Å². The van der Waals surface area contributed by atoms with Crippen LogP contribution < -0.4 is 10.2 Å². The number of aliphatic hydroxyl groups is 1. The number of hydrogen-bond donors (Lipinski definition) is 2. The van der Waals surface area contributed by atoms with E-state index in [2.05, 4.69) is 21.2 Å². The maximum Gasteiger partial charge on any atom is 0.293 e. The molecule has 0 aliphatic carbocycles. The summed E-state index contributed by atoms with van der Waals surface area (Å²) in [6.45, 7) is 1.53. The van der Waals surface area contributed by atoms with Crippen LogP contribution in [0.25, 0.3) is 0 Å². The summed E-state index contributed by atoms with van der Waals surface area (Å²) in [4.78, 5) is 12.6. The molecule has 0 saturated carbocycles. The van der Waals surface area contributed by atoms with Gasteiger partial charge in [0.15, 0.2) is 0 Å². The van der Waals surface area contributed by atoms with Gasteiger partial charge in [0.05, 0.1) is 16.7 Å². The van der Waals surface area contributed by atoms with Gasteiger partial charge in [0, 0.05) is 30.2 Å². The van der Waals surface area contributed by atoms with Gasteiger partial charge in [-0.2, -0.15) is 0 Å². The van der Waals surface area contributed by atoms with E-state index >= 15 is 0 Å². The average molecular weight is 424 g/mol. The van der Waals surface area contributed by atoms with Crippen molar-refractivity contribution in [2.24, 2.45) is 0 Å². The minimum absolute atomic E-state index is 0.0386. The van der Waals surface area contributed by atoms with Crippen molar-refractivity contribution in [3.8, 4) is 0 Å². The molecule has 0 amide bonds. The number of anilines is 2. The van der Waals surface area contributed by atoms with Crippen LogP contribution in [0.4, 0.5) is 21.5 Å². The average Bonchev–Trinajstić information content (AvgIpc) is 2.61. The molecule has 26 heavy (non-hydrogen) atoms. The number of aliphatic hydroxyl groups excluding tert-OH is 1. The van der Waals surface area contributed by atoms with Gasteiger partial charge in [-0.15, -0.1) is 0 Å². The van der Waals surface area contributed by atoms with Crippen LogP contribution in [0.15, 0.2) is 40.9 Å². The van der Waals surface area contributed by atoms with Gasteiger partial charge in [-0.3, -0.25) is 10.1 Å². The smallest absolute Gasteiger partial charge is 0.293 e. The van der Waals surface area contributed by atoms with Crippen molar-refractivity contribution in [3.63, 3.8) is 0 Å². The molecule has 3 rings (SSSR count). The molecule has 1 fully saturated rings. The van der Waals surface area contributed by atoms with E-state index in [1.54, 1.807) is 24.3 Å². The largest absolute Gasteiger partial charge is 0.393 e. The van der Waals surface area contributed by atoms with Gasteiger partial charge < -0.3 is 15.3 Å². The minimum atomic E-state index is -0.457. The van der Waals surface area contributed by atoms with E-state index in [1.807, 2.05) is 4.90 Å². The highest BCUT2D eigenvalue weighted by Gasteiger charge is 2.20. The van der Waals surface area contributed by atoms with Gasteiger partial charge in [0.25, 0.3) is 5.69 Å². The number of nitrogens with one attached hydrogen (secondary N) is 1. The second-order valence-electron chi connectivity index (χ2n) is 6.28. The number of nitro groups is 1. The standard InChI is InChI=1S/C18H19BrFN3O3/c19-13-2-3-16(18(10-13)23(25)26)21-11-12-1-4-17(15(20)9-12)22-7-5-14(24)6-8-22/h1-4,9-10,14,21,24H,5-8,11H2. The highest BCUT2D eigenvalue weighted by molar-refractivity contribution is 9.10. The fourth-order valence-corrected chi connectivity index (χ4v) is 3.38. The zero-order chi connectivity index (χ0) is 18.7. The maximum absolute atomic E-state index is 14.5. The third-order valence-corrected chi connectivity index (χ3v) is 4.95. The molecule has 2 N–H and O–H groups in total. The summed E-state index contributed by atoms with van der Waals surface area (Å²) in [5.74, 6) is -0.328. The van der Waals surface area contributed by atoms with Crippen LogP contribution in [0.5, 0.6) is 0 Å². The van der Waals surface area contributed by atoms with E-state index in [-0.39, 0.29) is 24.2 Å². The van der Waals surface area contributed by atoms with Crippen LogP contribution in [0.3, 0.4) is 0 Å². The molecule has 0 spiro atoms. The Morgan fingerprint density at radius 3 is 2.65 bits per heavy atom. The van der Waals surface area contributed by atoms with Gasteiger partial charge in [-0.25, -0.2) is 4.39 Å². The van der Waals surface area contributed by atoms with E-state index in [0.29, 0.717) is 47.3 Å². The molecule has 1 aliphatic rings.